The summed E-state index contributed by atoms with van der Waals surface area (Å²) in [5.74, 6) is -1.15. The van der Waals surface area contributed by atoms with Crippen LogP contribution in [0.3, 0.4) is 0 Å². The van der Waals surface area contributed by atoms with Crippen molar-refractivity contribution >= 4 is 5.91 Å². The van der Waals surface area contributed by atoms with Crippen molar-refractivity contribution in [3.8, 4) is 22.6 Å². The lowest BCUT2D eigenvalue weighted by atomic mass is 10.1. The van der Waals surface area contributed by atoms with Crippen molar-refractivity contribution in [1.82, 2.24) is 30.0 Å². The third-order valence-corrected chi connectivity index (χ3v) is 4.66. The Balaban J connectivity index is 1.70. The number of pyridine rings is 1. The molecule has 4 rings (SSSR count). The van der Waals surface area contributed by atoms with Crippen LogP contribution in [-0.4, -0.2) is 30.6 Å². The van der Waals surface area contributed by atoms with Gasteiger partial charge in [-0.05, 0) is 55.0 Å². The molecular formula is C22H18F2N6O. The van der Waals surface area contributed by atoms with Gasteiger partial charge in [0, 0.05) is 25.0 Å². The first-order valence-corrected chi connectivity index (χ1v) is 9.45. The summed E-state index contributed by atoms with van der Waals surface area (Å²) in [5.41, 5.74) is 2.41. The van der Waals surface area contributed by atoms with Crippen LogP contribution in [0.2, 0.25) is 0 Å². The summed E-state index contributed by atoms with van der Waals surface area (Å²) in [6.07, 6.45) is 4.66. The van der Waals surface area contributed by atoms with E-state index in [9.17, 15) is 13.6 Å². The molecule has 0 saturated heterocycles. The minimum Gasteiger partial charge on any atom is -0.344 e. The Labute approximate surface area is 176 Å². The lowest BCUT2D eigenvalue weighted by Gasteiger charge is -2.15. The number of amides is 1. The summed E-state index contributed by atoms with van der Waals surface area (Å²) in [6, 6.07) is 9.74. The number of nitrogens with one attached hydrogen (secondary N) is 1. The van der Waals surface area contributed by atoms with Gasteiger partial charge in [-0.2, -0.15) is 9.49 Å². The van der Waals surface area contributed by atoms with E-state index >= 15 is 0 Å². The minimum absolute atomic E-state index is 0.120. The number of rotatable bonds is 5. The second-order valence-corrected chi connectivity index (χ2v) is 6.98. The number of benzene rings is 1. The van der Waals surface area contributed by atoms with Crippen molar-refractivity contribution in [3.05, 3.63) is 84.1 Å². The fourth-order valence-corrected chi connectivity index (χ4v) is 3.04. The third kappa shape index (κ3) is 4.61. The maximum Gasteiger partial charge on any atom is 0.270 e. The highest BCUT2D eigenvalue weighted by atomic mass is 19.1. The number of hydrogen-bond donors (Lipinski definition) is 1. The summed E-state index contributed by atoms with van der Waals surface area (Å²) < 4.78 is 28.4. The van der Waals surface area contributed by atoms with Gasteiger partial charge >= 0.3 is 0 Å². The minimum atomic E-state index is -0.627. The summed E-state index contributed by atoms with van der Waals surface area (Å²) in [4.78, 5) is 25.4. The van der Waals surface area contributed by atoms with Gasteiger partial charge in [0.05, 0.1) is 23.5 Å². The van der Waals surface area contributed by atoms with Gasteiger partial charge in [-0.3, -0.25) is 9.48 Å². The molecule has 1 aromatic carbocycles. The van der Waals surface area contributed by atoms with Crippen molar-refractivity contribution in [1.29, 1.82) is 0 Å². The van der Waals surface area contributed by atoms with Crippen LogP contribution < -0.4 is 5.32 Å². The van der Waals surface area contributed by atoms with Gasteiger partial charge in [-0.15, -0.1) is 0 Å². The predicted octanol–water partition coefficient (Wildman–Crippen LogP) is 3.71. The molecule has 9 heteroatoms. The SMILES string of the molecule is CC(NC(=O)c1cc(-c2ccc(F)cc2)nc(-c2cnn(C)c2)n1)c1ccnc(F)c1. The van der Waals surface area contributed by atoms with Crippen molar-refractivity contribution in [2.45, 2.75) is 13.0 Å². The molecule has 1 amide bonds. The molecule has 3 heterocycles. The zero-order valence-electron chi connectivity index (χ0n) is 16.8. The monoisotopic (exact) mass is 420 g/mol. The molecule has 0 bridgehead atoms. The molecular weight excluding hydrogens is 402 g/mol. The average molecular weight is 420 g/mol. The second kappa shape index (κ2) is 8.39. The van der Waals surface area contributed by atoms with E-state index in [4.69, 9.17) is 0 Å². The molecule has 7 nitrogen and oxygen atoms in total. The molecule has 0 radical (unpaired) electrons. The number of aryl methyl sites for hydroxylation is 1. The van der Waals surface area contributed by atoms with Gasteiger partial charge in [0.1, 0.15) is 11.5 Å². The number of hydrogen-bond acceptors (Lipinski definition) is 5. The molecule has 0 spiro atoms. The fraction of sp³-hybridized carbons (Fsp3) is 0.136. The van der Waals surface area contributed by atoms with Gasteiger partial charge in [0.25, 0.3) is 5.91 Å². The number of nitrogens with zero attached hydrogens (tertiary/aromatic N) is 5. The molecule has 4 aromatic rings. The van der Waals surface area contributed by atoms with Gasteiger partial charge in [-0.25, -0.2) is 19.3 Å². The van der Waals surface area contributed by atoms with Crippen molar-refractivity contribution in [3.63, 3.8) is 0 Å². The molecule has 1 atom stereocenters. The largest absolute Gasteiger partial charge is 0.344 e. The molecule has 1 N–H and O–H groups in total. The average Bonchev–Trinajstić information content (AvgIpc) is 3.20. The van der Waals surface area contributed by atoms with Crippen LogP contribution in [0.5, 0.6) is 0 Å². The normalized spacial score (nSPS) is 11.9. The Kier molecular flexibility index (Phi) is 5.48. The Hall–Kier alpha value is -4.01. The molecule has 0 aliphatic rings. The Bertz CT molecular complexity index is 1240. The van der Waals surface area contributed by atoms with E-state index in [1.165, 1.54) is 30.5 Å². The lowest BCUT2D eigenvalue weighted by molar-refractivity contribution is 0.0934. The van der Waals surface area contributed by atoms with Crippen LogP contribution in [0, 0.1) is 11.8 Å². The number of carbonyl (C=O) groups is 1. The first-order chi connectivity index (χ1) is 14.9. The Morgan fingerprint density at radius 1 is 1.06 bits per heavy atom. The Morgan fingerprint density at radius 3 is 2.52 bits per heavy atom. The number of halogens is 2. The summed E-state index contributed by atoms with van der Waals surface area (Å²) in [6.45, 7) is 1.73. The van der Waals surface area contributed by atoms with E-state index in [0.29, 0.717) is 28.2 Å². The van der Waals surface area contributed by atoms with Crippen LogP contribution in [0.15, 0.2) is 61.1 Å². The van der Waals surface area contributed by atoms with E-state index in [1.807, 2.05) is 0 Å². The van der Waals surface area contributed by atoms with Crippen LogP contribution in [0.4, 0.5) is 8.78 Å². The second-order valence-electron chi connectivity index (χ2n) is 6.98. The molecule has 31 heavy (non-hydrogen) atoms. The molecule has 0 aliphatic heterocycles. The van der Waals surface area contributed by atoms with Gasteiger partial charge in [0.15, 0.2) is 5.82 Å². The summed E-state index contributed by atoms with van der Waals surface area (Å²) in [7, 11) is 1.76. The third-order valence-electron chi connectivity index (χ3n) is 4.66. The number of carbonyl (C=O) groups excluding carboxylic acids is 1. The summed E-state index contributed by atoms with van der Waals surface area (Å²) in [5, 5.41) is 6.93. The van der Waals surface area contributed by atoms with Gasteiger partial charge in [-0.1, -0.05) is 0 Å². The van der Waals surface area contributed by atoms with E-state index in [0.717, 1.165) is 0 Å². The topological polar surface area (TPSA) is 85.6 Å². The standard InChI is InChI=1S/C22H18F2N6O/c1-13(15-7-8-25-20(24)9-15)27-22(31)19-10-18(14-3-5-17(23)6-4-14)28-21(29-19)16-11-26-30(2)12-16/h3-13H,1-2H3,(H,27,31). The van der Waals surface area contributed by atoms with Crippen molar-refractivity contribution < 1.29 is 13.6 Å². The van der Waals surface area contributed by atoms with Gasteiger partial charge < -0.3 is 5.32 Å². The van der Waals surface area contributed by atoms with Crippen LogP contribution in [0.25, 0.3) is 22.6 Å². The molecule has 0 saturated carbocycles. The Morgan fingerprint density at radius 2 is 1.84 bits per heavy atom. The van der Waals surface area contributed by atoms with Crippen LogP contribution >= 0.6 is 0 Å². The summed E-state index contributed by atoms with van der Waals surface area (Å²) >= 11 is 0. The van der Waals surface area contributed by atoms with Crippen LogP contribution in [0.1, 0.15) is 29.0 Å². The number of aromatic nitrogens is 5. The van der Waals surface area contributed by atoms with E-state index in [1.54, 1.807) is 49.2 Å². The quantitative estimate of drug-likeness (QED) is 0.498. The fourth-order valence-electron chi connectivity index (χ4n) is 3.04. The molecule has 0 aliphatic carbocycles. The zero-order valence-corrected chi connectivity index (χ0v) is 16.8. The maximum atomic E-state index is 13.4. The first kappa shape index (κ1) is 20.3. The van der Waals surface area contributed by atoms with Crippen molar-refractivity contribution in [2.75, 3.05) is 0 Å². The molecule has 0 fully saturated rings. The maximum absolute atomic E-state index is 13.4. The van der Waals surface area contributed by atoms with E-state index < -0.39 is 17.9 Å². The highest BCUT2D eigenvalue weighted by Crippen LogP contribution is 2.23. The highest BCUT2D eigenvalue weighted by Gasteiger charge is 2.18. The highest BCUT2D eigenvalue weighted by molar-refractivity contribution is 5.94. The van der Waals surface area contributed by atoms with Crippen LogP contribution in [-0.2, 0) is 7.05 Å². The van der Waals surface area contributed by atoms with Gasteiger partial charge in [0.2, 0.25) is 5.95 Å². The lowest BCUT2D eigenvalue weighted by Crippen LogP contribution is -2.28. The smallest absolute Gasteiger partial charge is 0.270 e. The molecule has 1 unspecified atom stereocenters. The predicted molar refractivity (Wildman–Crippen MR) is 110 cm³/mol. The zero-order chi connectivity index (χ0) is 22.0. The first-order valence-electron chi connectivity index (χ1n) is 9.45. The van der Waals surface area contributed by atoms with Crippen molar-refractivity contribution in [2.24, 2.45) is 7.05 Å². The molecule has 156 valence electrons. The van der Waals surface area contributed by atoms with E-state index in [-0.39, 0.29) is 11.5 Å². The molecule has 3 aromatic heterocycles. The van der Waals surface area contributed by atoms with E-state index in [2.05, 4.69) is 25.4 Å².